The van der Waals surface area contributed by atoms with Crippen LogP contribution in [0.25, 0.3) is 0 Å². The molecule has 2 N–H and O–H groups in total. The minimum atomic E-state index is -1.21. The van der Waals surface area contributed by atoms with Crippen molar-refractivity contribution in [2.24, 2.45) is 11.8 Å². The zero-order valence-corrected chi connectivity index (χ0v) is 21.3. The van der Waals surface area contributed by atoms with E-state index in [4.69, 9.17) is 4.74 Å². The number of piperidine rings is 1. The second-order valence-corrected chi connectivity index (χ2v) is 10.9. The zero-order valence-electron chi connectivity index (χ0n) is 21.3. The van der Waals surface area contributed by atoms with E-state index >= 15 is 0 Å². The van der Waals surface area contributed by atoms with Gasteiger partial charge >= 0.3 is 0 Å². The van der Waals surface area contributed by atoms with E-state index < -0.39 is 17.3 Å². The number of carbonyl (C=O) groups is 2. The number of aliphatic hydroxyl groups excluding tert-OH is 1. The van der Waals surface area contributed by atoms with Gasteiger partial charge in [-0.15, -0.1) is 0 Å². The Hall–Kier alpha value is -2.74. The van der Waals surface area contributed by atoms with Gasteiger partial charge in [0.05, 0.1) is 23.9 Å². The number of hydrogen-bond donors (Lipinski definition) is 2. The van der Waals surface area contributed by atoms with Crippen LogP contribution >= 0.6 is 0 Å². The summed E-state index contributed by atoms with van der Waals surface area (Å²) in [6, 6.07) is 15.6. The van der Waals surface area contributed by atoms with Crippen LogP contribution in [0.3, 0.4) is 0 Å². The maximum absolute atomic E-state index is 14.2. The molecule has 2 aromatic rings. The number of anilines is 2. The first-order valence-electron chi connectivity index (χ1n) is 13.0. The summed E-state index contributed by atoms with van der Waals surface area (Å²) in [5.41, 5.74) is 1.19. The highest BCUT2D eigenvalue weighted by Crippen LogP contribution is 2.57. The highest BCUT2D eigenvalue weighted by Gasteiger charge is 2.65. The Balaban J connectivity index is 1.46. The number of carbonyl (C=O) groups excluding carboxylic acids is 2. The van der Waals surface area contributed by atoms with Gasteiger partial charge < -0.3 is 24.7 Å². The van der Waals surface area contributed by atoms with Crippen molar-refractivity contribution < 1.29 is 24.5 Å². The monoisotopic (exact) mass is 492 g/mol. The average molecular weight is 493 g/mol. The van der Waals surface area contributed by atoms with E-state index in [-0.39, 0.29) is 30.3 Å². The standard InChI is InChI=1S/C29H36N2O5/c1-19-26(28(2,3)35)24(15-17-32)36-29(19)22-8-4-5-9-23(22)31(27(29)34)18-20-11-13-21(14-12-20)30-16-7-6-10-25(30)33/h4-5,8-9,11-14,19,24,26,32,35H,6-7,10,15-18H2,1-3H3/t19-,24+,26-,29+/m1/s1. The van der Waals surface area contributed by atoms with E-state index in [0.717, 1.165) is 41.9 Å². The molecule has 3 heterocycles. The Morgan fingerprint density at radius 3 is 2.47 bits per heavy atom. The lowest BCUT2D eigenvalue weighted by Crippen LogP contribution is -2.46. The molecule has 0 aromatic heterocycles. The van der Waals surface area contributed by atoms with E-state index in [1.807, 2.05) is 60.4 Å². The maximum Gasteiger partial charge on any atom is 0.264 e. The normalized spacial score (nSPS) is 28.3. The number of benzene rings is 2. The first kappa shape index (κ1) is 24.9. The van der Waals surface area contributed by atoms with Gasteiger partial charge in [-0.1, -0.05) is 37.3 Å². The van der Waals surface area contributed by atoms with Crippen molar-refractivity contribution in [2.45, 2.75) is 70.3 Å². The predicted octanol–water partition coefficient (Wildman–Crippen LogP) is 3.75. The summed E-state index contributed by atoms with van der Waals surface area (Å²) in [5, 5.41) is 20.7. The topological polar surface area (TPSA) is 90.3 Å². The first-order chi connectivity index (χ1) is 17.2. The molecule has 0 aliphatic carbocycles. The average Bonchev–Trinajstić information content (AvgIpc) is 3.27. The van der Waals surface area contributed by atoms with Crippen LogP contribution in [0.4, 0.5) is 11.4 Å². The molecule has 0 saturated carbocycles. The molecule has 0 unspecified atom stereocenters. The molecule has 4 atom stereocenters. The number of para-hydroxylation sites is 1. The highest BCUT2D eigenvalue weighted by molar-refractivity contribution is 6.07. The van der Waals surface area contributed by atoms with Gasteiger partial charge in [-0.2, -0.15) is 0 Å². The van der Waals surface area contributed by atoms with E-state index in [0.29, 0.717) is 19.4 Å². The number of amides is 2. The Kier molecular flexibility index (Phi) is 6.43. The molecule has 5 rings (SSSR count). The minimum Gasteiger partial charge on any atom is -0.396 e. The van der Waals surface area contributed by atoms with Crippen molar-refractivity contribution >= 4 is 23.2 Å². The molecule has 192 valence electrons. The van der Waals surface area contributed by atoms with Crippen molar-refractivity contribution in [3.8, 4) is 0 Å². The smallest absolute Gasteiger partial charge is 0.264 e. The number of ether oxygens (including phenoxy) is 1. The lowest BCUT2D eigenvalue weighted by atomic mass is 9.71. The predicted molar refractivity (Wildman–Crippen MR) is 137 cm³/mol. The van der Waals surface area contributed by atoms with Gasteiger partial charge in [0.1, 0.15) is 0 Å². The van der Waals surface area contributed by atoms with E-state index in [2.05, 4.69) is 0 Å². The zero-order chi connectivity index (χ0) is 25.7. The van der Waals surface area contributed by atoms with Crippen LogP contribution < -0.4 is 9.80 Å². The van der Waals surface area contributed by atoms with Crippen LogP contribution in [-0.4, -0.2) is 46.9 Å². The number of hydrogen-bond acceptors (Lipinski definition) is 5. The maximum atomic E-state index is 14.2. The fourth-order valence-corrected chi connectivity index (χ4v) is 6.63. The van der Waals surface area contributed by atoms with E-state index in [9.17, 15) is 19.8 Å². The summed E-state index contributed by atoms with van der Waals surface area (Å²) in [5.74, 6) is -0.588. The van der Waals surface area contributed by atoms with Gasteiger partial charge in [0.2, 0.25) is 5.91 Å². The molecule has 2 aromatic carbocycles. The molecule has 7 nitrogen and oxygen atoms in total. The van der Waals surface area contributed by atoms with Crippen molar-refractivity contribution in [3.05, 3.63) is 59.7 Å². The highest BCUT2D eigenvalue weighted by atomic mass is 16.5. The Labute approximate surface area is 212 Å². The van der Waals surface area contributed by atoms with E-state index in [1.54, 1.807) is 18.7 Å². The largest absolute Gasteiger partial charge is 0.396 e. The van der Waals surface area contributed by atoms with E-state index in [1.165, 1.54) is 0 Å². The Morgan fingerprint density at radius 2 is 1.81 bits per heavy atom. The number of aliphatic hydroxyl groups is 2. The molecule has 7 heteroatoms. The molecular formula is C29H36N2O5. The van der Waals surface area contributed by atoms with Gasteiger partial charge in [-0.25, -0.2) is 0 Å². The van der Waals surface area contributed by atoms with Crippen molar-refractivity contribution in [2.75, 3.05) is 23.0 Å². The molecule has 0 radical (unpaired) electrons. The van der Waals surface area contributed by atoms with Crippen molar-refractivity contribution in [1.29, 1.82) is 0 Å². The third kappa shape index (κ3) is 3.94. The lowest BCUT2D eigenvalue weighted by Gasteiger charge is -2.34. The summed E-state index contributed by atoms with van der Waals surface area (Å²) in [4.78, 5) is 30.1. The summed E-state index contributed by atoms with van der Waals surface area (Å²) >= 11 is 0. The second-order valence-electron chi connectivity index (χ2n) is 10.9. The Morgan fingerprint density at radius 1 is 1.08 bits per heavy atom. The van der Waals surface area contributed by atoms with Crippen LogP contribution in [0.1, 0.15) is 57.6 Å². The van der Waals surface area contributed by atoms with Gasteiger partial charge in [0, 0.05) is 42.7 Å². The quantitative estimate of drug-likeness (QED) is 0.641. The fourth-order valence-electron chi connectivity index (χ4n) is 6.63. The fraction of sp³-hybridized carbons (Fsp3) is 0.517. The van der Waals surface area contributed by atoms with Crippen LogP contribution in [-0.2, 0) is 26.5 Å². The minimum absolute atomic E-state index is 0.0779. The first-order valence-corrected chi connectivity index (χ1v) is 13.0. The SMILES string of the molecule is C[C@@H]1[C@@H](C(C)(C)O)[C@H](CCO)O[C@@]12C(=O)N(Cc1ccc(N3CCCCC3=O)cc1)c1ccccc12. The van der Waals surface area contributed by atoms with Gasteiger partial charge in [-0.05, 0) is 56.9 Å². The molecule has 3 aliphatic heterocycles. The molecule has 0 bridgehead atoms. The van der Waals surface area contributed by atoms with Crippen molar-refractivity contribution in [1.82, 2.24) is 0 Å². The summed E-state index contributed by atoms with van der Waals surface area (Å²) in [7, 11) is 0. The van der Waals surface area contributed by atoms with Gasteiger partial charge in [0.25, 0.3) is 5.91 Å². The molecular weight excluding hydrogens is 456 g/mol. The number of fused-ring (bicyclic) bond motifs is 2. The lowest BCUT2D eigenvalue weighted by molar-refractivity contribution is -0.146. The van der Waals surface area contributed by atoms with Crippen LogP contribution in [0.2, 0.25) is 0 Å². The Bertz CT molecular complexity index is 1140. The van der Waals surface area contributed by atoms with Crippen LogP contribution in [0.15, 0.2) is 48.5 Å². The third-order valence-corrected chi connectivity index (χ3v) is 8.22. The molecule has 36 heavy (non-hydrogen) atoms. The van der Waals surface area contributed by atoms with Gasteiger partial charge in [0.15, 0.2) is 5.60 Å². The molecule has 1 spiro atoms. The van der Waals surface area contributed by atoms with Crippen molar-refractivity contribution in [3.63, 3.8) is 0 Å². The van der Waals surface area contributed by atoms with Gasteiger partial charge in [-0.3, -0.25) is 9.59 Å². The summed E-state index contributed by atoms with van der Waals surface area (Å²) < 4.78 is 6.56. The third-order valence-electron chi connectivity index (χ3n) is 8.22. The second kappa shape index (κ2) is 9.29. The van der Waals surface area contributed by atoms with Crippen LogP contribution in [0.5, 0.6) is 0 Å². The molecule has 3 aliphatic rings. The van der Waals surface area contributed by atoms with Crippen LogP contribution in [0, 0.1) is 11.8 Å². The molecule has 2 saturated heterocycles. The number of nitrogens with zero attached hydrogens (tertiary/aromatic N) is 2. The molecule has 2 amide bonds. The summed E-state index contributed by atoms with van der Waals surface area (Å²) in [6.45, 7) is 6.51. The molecule has 2 fully saturated rings. The number of rotatable bonds is 6. The summed E-state index contributed by atoms with van der Waals surface area (Å²) in [6.07, 6.45) is 2.45.